The Morgan fingerprint density at radius 2 is 1.72 bits per heavy atom. The molecule has 9 heteroatoms. The number of nitrogens with one attached hydrogen (secondary N) is 2. The van der Waals surface area contributed by atoms with E-state index in [0.29, 0.717) is 36.1 Å². The Morgan fingerprint density at radius 3 is 2.44 bits per heavy atom. The summed E-state index contributed by atoms with van der Waals surface area (Å²) in [6, 6.07) is 17.3. The summed E-state index contributed by atoms with van der Waals surface area (Å²) in [6.07, 6.45) is -3.87. The van der Waals surface area contributed by atoms with Crippen molar-refractivity contribution in [2.75, 3.05) is 37.8 Å². The number of alkyl halides is 3. The third-order valence-corrected chi connectivity index (χ3v) is 4.47. The number of hydrogen-bond acceptors (Lipinski definition) is 6. The van der Waals surface area contributed by atoms with Crippen molar-refractivity contribution in [1.82, 2.24) is 14.9 Å². The van der Waals surface area contributed by atoms with Crippen molar-refractivity contribution >= 4 is 11.8 Å². The van der Waals surface area contributed by atoms with E-state index in [0.717, 1.165) is 18.5 Å². The Hall–Kier alpha value is -3.33. The van der Waals surface area contributed by atoms with E-state index in [9.17, 15) is 13.2 Å². The van der Waals surface area contributed by atoms with Crippen LogP contribution in [-0.2, 0) is 6.54 Å². The maximum atomic E-state index is 12.6. The minimum absolute atomic E-state index is 0.298. The largest absolute Gasteiger partial charge is 0.573 e. The van der Waals surface area contributed by atoms with Gasteiger partial charge in [-0.3, -0.25) is 0 Å². The summed E-state index contributed by atoms with van der Waals surface area (Å²) in [4.78, 5) is 11.1. The molecule has 0 fully saturated rings. The van der Waals surface area contributed by atoms with Crippen LogP contribution in [0, 0.1) is 0 Å². The molecule has 32 heavy (non-hydrogen) atoms. The number of halogens is 3. The van der Waals surface area contributed by atoms with Gasteiger partial charge in [-0.2, -0.15) is 4.98 Å². The second kappa shape index (κ2) is 10.8. The second-order valence-electron chi connectivity index (χ2n) is 7.46. The van der Waals surface area contributed by atoms with Crippen LogP contribution >= 0.6 is 0 Å². The number of aromatic nitrogens is 2. The fourth-order valence-corrected chi connectivity index (χ4v) is 3.00. The van der Waals surface area contributed by atoms with Crippen molar-refractivity contribution in [3.8, 4) is 17.0 Å². The number of benzene rings is 2. The number of ether oxygens (including phenoxy) is 1. The lowest BCUT2D eigenvalue weighted by atomic mass is 10.1. The predicted molar refractivity (Wildman–Crippen MR) is 120 cm³/mol. The first-order chi connectivity index (χ1) is 15.3. The molecule has 0 aliphatic carbocycles. The van der Waals surface area contributed by atoms with Crippen LogP contribution in [0.2, 0.25) is 0 Å². The molecule has 0 bridgehead atoms. The first-order valence-electron chi connectivity index (χ1n) is 10.2. The molecule has 3 aromatic rings. The standard InChI is InChI=1S/C23H26F3N5O/c1-31(2)13-7-12-27-22-29-20(18-10-6-11-19(14-18)32-23(24,25)26)15-21(30-22)28-16-17-8-4-3-5-9-17/h3-6,8-11,14-15H,7,12-13,16H2,1-2H3,(H2,27,28,29,30). The highest BCUT2D eigenvalue weighted by Gasteiger charge is 2.31. The average Bonchev–Trinajstić information content (AvgIpc) is 2.75. The number of hydrogen-bond donors (Lipinski definition) is 2. The molecule has 0 radical (unpaired) electrons. The predicted octanol–water partition coefficient (Wildman–Crippen LogP) is 5.02. The first kappa shape index (κ1) is 23.3. The van der Waals surface area contributed by atoms with Gasteiger partial charge in [0.15, 0.2) is 0 Å². The van der Waals surface area contributed by atoms with Gasteiger partial charge in [0.2, 0.25) is 5.95 Å². The van der Waals surface area contributed by atoms with E-state index in [4.69, 9.17) is 0 Å². The summed E-state index contributed by atoms with van der Waals surface area (Å²) >= 11 is 0. The van der Waals surface area contributed by atoms with Crippen LogP contribution in [0.15, 0.2) is 60.7 Å². The topological polar surface area (TPSA) is 62.3 Å². The molecular formula is C23H26F3N5O. The van der Waals surface area contributed by atoms with E-state index >= 15 is 0 Å². The molecule has 2 N–H and O–H groups in total. The molecule has 0 atom stereocenters. The highest BCUT2D eigenvalue weighted by molar-refractivity contribution is 5.66. The highest BCUT2D eigenvalue weighted by atomic mass is 19.4. The SMILES string of the molecule is CN(C)CCCNc1nc(NCc2ccccc2)cc(-c2cccc(OC(F)(F)F)c2)n1. The van der Waals surface area contributed by atoms with E-state index in [1.54, 1.807) is 12.1 Å². The third-order valence-electron chi connectivity index (χ3n) is 4.47. The summed E-state index contributed by atoms with van der Waals surface area (Å²) < 4.78 is 41.9. The molecule has 1 heterocycles. The summed E-state index contributed by atoms with van der Waals surface area (Å²) in [6.45, 7) is 2.12. The lowest BCUT2D eigenvalue weighted by molar-refractivity contribution is -0.274. The van der Waals surface area contributed by atoms with Crippen molar-refractivity contribution in [3.05, 3.63) is 66.2 Å². The zero-order valence-corrected chi connectivity index (χ0v) is 18.0. The van der Waals surface area contributed by atoms with Gasteiger partial charge in [0.05, 0.1) is 5.69 Å². The molecule has 2 aromatic carbocycles. The molecule has 0 aliphatic rings. The molecule has 0 saturated carbocycles. The normalized spacial score (nSPS) is 11.4. The number of anilines is 2. The average molecular weight is 445 g/mol. The van der Waals surface area contributed by atoms with Gasteiger partial charge in [-0.05, 0) is 44.8 Å². The van der Waals surface area contributed by atoms with Crippen LogP contribution in [0.1, 0.15) is 12.0 Å². The van der Waals surface area contributed by atoms with Gasteiger partial charge in [-0.25, -0.2) is 4.98 Å². The van der Waals surface area contributed by atoms with E-state index in [-0.39, 0.29) is 5.75 Å². The van der Waals surface area contributed by atoms with E-state index in [2.05, 4.69) is 30.2 Å². The number of nitrogens with zero attached hydrogens (tertiary/aromatic N) is 3. The lowest BCUT2D eigenvalue weighted by Crippen LogP contribution is -2.17. The third kappa shape index (κ3) is 7.73. The summed E-state index contributed by atoms with van der Waals surface area (Å²) in [5.41, 5.74) is 2.06. The van der Waals surface area contributed by atoms with Crippen molar-refractivity contribution < 1.29 is 17.9 Å². The Labute approximate surface area is 185 Å². The van der Waals surface area contributed by atoms with Gasteiger partial charge in [-0.1, -0.05) is 42.5 Å². The van der Waals surface area contributed by atoms with E-state index in [1.807, 2.05) is 44.4 Å². The molecule has 170 valence electrons. The zero-order valence-electron chi connectivity index (χ0n) is 18.0. The number of rotatable bonds is 10. The highest BCUT2D eigenvalue weighted by Crippen LogP contribution is 2.28. The molecule has 0 amide bonds. The Balaban J connectivity index is 1.83. The Kier molecular flexibility index (Phi) is 7.88. The van der Waals surface area contributed by atoms with Gasteiger partial charge in [0.1, 0.15) is 11.6 Å². The maximum absolute atomic E-state index is 12.6. The zero-order chi connectivity index (χ0) is 23.0. The molecule has 1 aromatic heterocycles. The molecule has 0 spiro atoms. The van der Waals surface area contributed by atoms with Gasteiger partial charge in [0.25, 0.3) is 0 Å². The van der Waals surface area contributed by atoms with Crippen LogP contribution < -0.4 is 15.4 Å². The van der Waals surface area contributed by atoms with Gasteiger partial charge < -0.3 is 20.3 Å². The van der Waals surface area contributed by atoms with Crippen LogP contribution in [0.25, 0.3) is 11.3 Å². The minimum Gasteiger partial charge on any atom is -0.406 e. The first-order valence-corrected chi connectivity index (χ1v) is 10.2. The molecule has 3 rings (SSSR count). The maximum Gasteiger partial charge on any atom is 0.573 e. The Morgan fingerprint density at radius 1 is 0.938 bits per heavy atom. The van der Waals surface area contributed by atoms with Gasteiger partial charge >= 0.3 is 6.36 Å². The molecule has 0 aliphatic heterocycles. The molecule has 0 unspecified atom stereocenters. The van der Waals surface area contributed by atoms with Crippen molar-refractivity contribution in [3.63, 3.8) is 0 Å². The van der Waals surface area contributed by atoms with Crippen LogP contribution in [0.4, 0.5) is 24.9 Å². The smallest absolute Gasteiger partial charge is 0.406 e. The molecule has 6 nitrogen and oxygen atoms in total. The van der Waals surface area contributed by atoms with Crippen LogP contribution in [-0.4, -0.2) is 48.4 Å². The van der Waals surface area contributed by atoms with E-state index < -0.39 is 6.36 Å². The summed E-state index contributed by atoms with van der Waals surface area (Å²) in [5.74, 6) is 0.669. The fourth-order valence-electron chi connectivity index (χ4n) is 3.00. The monoisotopic (exact) mass is 445 g/mol. The van der Waals surface area contributed by atoms with Gasteiger partial charge in [0, 0.05) is 24.7 Å². The second-order valence-corrected chi connectivity index (χ2v) is 7.46. The lowest BCUT2D eigenvalue weighted by Gasteiger charge is -2.14. The Bertz CT molecular complexity index is 996. The fraction of sp³-hybridized carbons (Fsp3) is 0.304. The van der Waals surface area contributed by atoms with Crippen molar-refractivity contribution in [2.24, 2.45) is 0 Å². The van der Waals surface area contributed by atoms with Crippen LogP contribution in [0.3, 0.4) is 0 Å². The van der Waals surface area contributed by atoms with Crippen molar-refractivity contribution in [1.29, 1.82) is 0 Å². The van der Waals surface area contributed by atoms with Gasteiger partial charge in [-0.15, -0.1) is 13.2 Å². The molecule has 0 saturated heterocycles. The molecular weight excluding hydrogens is 419 g/mol. The van der Waals surface area contributed by atoms with Crippen LogP contribution in [0.5, 0.6) is 5.75 Å². The van der Waals surface area contributed by atoms with Crippen molar-refractivity contribution in [2.45, 2.75) is 19.3 Å². The quantitative estimate of drug-likeness (QED) is 0.428. The van der Waals surface area contributed by atoms with E-state index in [1.165, 1.54) is 18.2 Å². The summed E-state index contributed by atoms with van der Waals surface area (Å²) in [7, 11) is 4.00. The minimum atomic E-state index is -4.76. The summed E-state index contributed by atoms with van der Waals surface area (Å²) in [5, 5.41) is 6.46.